The van der Waals surface area contributed by atoms with Gasteiger partial charge in [-0.2, -0.15) is 0 Å². The van der Waals surface area contributed by atoms with Crippen molar-refractivity contribution in [1.29, 1.82) is 0 Å². The smallest absolute Gasteiger partial charge is 0.291 e. The fraction of sp³-hybridized carbons (Fsp3) is 0.500. The fourth-order valence-electron chi connectivity index (χ4n) is 3.30. The Morgan fingerprint density at radius 3 is 2.83 bits per heavy atom. The highest BCUT2D eigenvalue weighted by molar-refractivity contribution is 5.92. The Bertz CT molecular complexity index is 861. The summed E-state index contributed by atoms with van der Waals surface area (Å²) in [4.78, 5) is 31.0. The first-order valence-corrected chi connectivity index (χ1v) is 8.56. The molecule has 2 aromatic rings. The minimum atomic E-state index is -0.116. The number of hydrogen-bond donors (Lipinski definition) is 0. The third-order valence-corrected chi connectivity index (χ3v) is 4.84. The lowest BCUT2D eigenvalue weighted by Crippen LogP contribution is -2.37. The van der Waals surface area contributed by atoms with Crippen LogP contribution < -0.4 is 5.56 Å². The van der Waals surface area contributed by atoms with E-state index < -0.39 is 0 Å². The van der Waals surface area contributed by atoms with Crippen LogP contribution in [0.2, 0.25) is 0 Å². The molecule has 1 amide bonds. The maximum atomic E-state index is 12.8. The van der Waals surface area contributed by atoms with Crippen LogP contribution in [0.5, 0.6) is 0 Å². The topological polar surface area (TPSA) is 68.3 Å². The number of fused-ring (bicyclic) bond motifs is 1. The number of oxazole rings is 1. The lowest BCUT2D eigenvalue weighted by molar-refractivity contribution is 0.0699. The van der Waals surface area contributed by atoms with Crippen LogP contribution >= 0.6 is 0 Å². The van der Waals surface area contributed by atoms with Crippen molar-refractivity contribution in [3.63, 3.8) is 0 Å². The molecule has 24 heavy (non-hydrogen) atoms. The summed E-state index contributed by atoms with van der Waals surface area (Å²) in [5.41, 5.74) is 2.85. The molecule has 0 atom stereocenters. The standard InChI is InChI=1S/C18H21N3O3/c1-3-15-19-11(2)17(24-15)18(23)20-7-6-12-8-16(22)21(14-4-5-14)10-13(12)9-20/h8,10,14H,3-7,9H2,1-2H3. The van der Waals surface area contributed by atoms with Gasteiger partial charge in [0, 0.05) is 37.8 Å². The summed E-state index contributed by atoms with van der Waals surface area (Å²) in [5.74, 6) is 0.816. The molecule has 0 radical (unpaired) electrons. The molecule has 0 aromatic carbocycles. The Hall–Kier alpha value is -2.37. The van der Waals surface area contributed by atoms with Crippen molar-refractivity contribution in [2.24, 2.45) is 0 Å². The summed E-state index contributed by atoms with van der Waals surface area (Å²) in [7, 11) is 0. The van der Waals surface area contributed by atoms with E-state index in [-0.39, 0.29) is 11.5 Å². The molecule has 4 rings (SSSR count). The Morgan fingerprint density at radius 2 is 2.17 bits per heavy atom. The van der Waals surface area contributed by atoms with E-state index in [4.69, 9.17) is 4.42 Å². The van der Waals surface area contributed by atoms with Crippen LogP contribution in [0.15, 0.2) is 21.5 Å². The molecule has 0 N–H and O–H groups in total. The van der Waals surface area contributed by atoms with Gasteiger partial charge in [-0.15, -0.1) is 0 Å². The second-order valence-electron chi connectivity index (χ2n) is 6.65. The van der Waals surface area contributed by atoms with Crippen LogP contribution in [0.25, 0.3) is 0 Å². The molecule has 6 nitrogen and oxygen atoms in total. The predicted molar refractivity (Wildman–Crippen MR) is 88.0 cm³/mol. The van der Waals surface area contributed by atoms with Gasteiger partial charge in [0.05, 0.1) is 5.69 Å². The van der Waals surface area contributed by atoms with Gasteiger partial charge in [-0.25, -0.2) is 4.98 Å². The monoisotopic (exact) mass is 327 g/mol. The first-order valence-electron chi connectivity index (χ1n) is 8.56. The molecule has 0 saturated heterocycles. The van der Waals surface area contributed by atoms with E-state index >= 15 is 0 Å². The number of rotatable bonds is 3. The zero-order valence-electron chi connectivity index (χ0n) is 14.0. The second kappa shape index (κ2) is 5.61. The van der Waals surface area contributed by atoms with Gasteiger partial charge < -0.3 is 13.9 Å². The Kier molecular flexibility index (Phi) is 3.55. The SMILES string of the molecule is CCc1nc(C)c(C(=O)N2CCc3cc(=O)n(C4CC4)cc3C2)o1. The Balaban J connectivity index is 1.61. The van der Waals surface area contributed by atoms with Gasteiger partial charge in [-0.05, 0) is 37.3 Å². The second-order valence-corrected chi connectivity index (χ2v) is 6.65. The molecule has 2 aromatic heterocycles. The van der Waals surface area contributed by atoms with E-state index in [1.807, 2.05) is 17.7 Å². The van der Waals surface area contributed by atoms with Gasteiger partial charge >= 0.3 is 0 Å². The number of amides is 1. The largest absolute Gasteiger partial charge is 0.435 e. The molecule has 126 valence electrons. The van der Waals surface area contributed by atoms with Crippen LogP contribution in [-0.2, 0) is 19.4 Å². The highest BCUT2D eigenvalue weighted by atomic mass is 16.4. The van der Waals surface area contributed by atoms with E-state index in [1.165, 1.54) is 0 Å². The zero-order valence-corrected chi connectivity index (χ0v) is 14.0. The van der Waals surface area contributed by atoms with Gasteiger partial charge in [-0.3, -0.25) is 9.59 Å². The van der Waals surface area contributed by atoms with Crippen molar-refractivity contribution in [1.82, 2.24) is 14.5 Å². The summed E-state index contributed by atoms with van der Waals surface area (Å²) in [6.07, 6.45) is 5.45. The summed E-state index contributed by atoms with van der Waals surface area (Å²) in [6.45, 7) is 4.87. The quantitative estimate of drug-likeness (QED) is 0.867. The van der Waals surface area contributed by atoms with Gasteiger partial charge in [0.25, 0.3) is 11.5 Å². The molecule has 1 fully saturated rings. The maximum Gasteiger partial charge on any atom is 0.291 e. The van der Waals surface area contributed by atoms with Crippen LogP contribution in [0.1, 0.15) is 59.1 Å². The molecular formula is C18H21N3O3. The number of aromatic nitrogens is 2. The molecule has 2 aliphatic rings. The normalized spacial score (nSPS) is 17.0. The van der Waals surface area contributed by atoms with E-state index in [2.05, 4.69) is 4.98 Å². The zero-order chi connectivity index (χ0) is 16.8. The molecular weight excluding hydrogens is 306 g/mol. The Labute approximate surface area is 140 Å². The van der Waals surface area contributed by atoms with Crippen molar-refractivity contribution < 1.29 is 9.21 Å². The number of carbonyl (C=O) groups is 1. The van der Waals surface area contributed by atoms with E-state index in [9.17, 15) is 9.59 Å². The first-order chi connectivity index (χ1) is 11.6. The van der Waals surface area contributed by atoms with Gasteiger partial charge in [-0.1, -0.05) is 6.92 Å². The predicted octanol–water partition coefficient (Wildman–Crippen LogP) is 2.24. The molecule has 6 heteroatoms. The highest BCUT2D eigenvalue weighted by Gasteiger charge is 2.29. The fourth-order valence-corrected chi connectivity index (χ4v) is 3.30. The van der Waals surface area contributed by atoms with E-state index in [0.29, 0.717) is 49.3 Å². The van der Waals surface area contributed by atoms with Crippen molar-refractivity contribution >= 4 is 5.91 Å². The lowest BCUT2D eigenvalue weighted by Gasteiger charge is -2.28. The number of hydrogen-bond acceptors (Lipinski definition) is 4. The van der Waals surface area contributed by atoms with Crippen molar-refractivity contribution in [3.8, 4) is 0 Å². The molecule has 1 saturated carbocycles. The molecule has 0 unspecified atom stereocenters. The average molecular weight is 327 g/mol. The van der Waals surface area contributed by atoms with E-state index in [1.54, 1.807) is 17.9 Å². The third kappa shape index (κ3) is 2.56. The summed E-state index contributed by atoms with van der Waals surface area (Å²) >= 11 is 0. The third-order valence-electron chi connectivity index (χ3n) is 4.84. The van der Waals surface area contributed by atoms with Crippen molar-refractivity contribution in [3.05, 3.63) is 51.1 Å². The van der Waals surface area contributed by atoms with Gasteiger partial charge in [0.1, 0.15) is 0 Å². The summed E-state index contributed by atoms with van der Waals surface area (Å²) < 4.78 is 7.42. The van der Waals surface area contributed by atoms with Crippen LogP contribution in [0.4, 0.5) is 0 Å². The van der Waals surface area contributed by atoms with Crippen LogP contribution in [0, 0.1) is 6.92 Å². The van der Waals surface area contributed by atoms with Gasteiger partial charge in [0.15, 0.2) is 5.89 Å². The molecule has 1 aliphatic carbocycles. The average Bonchev–Trinajstić information content (AvgIpc) is 3.35. The molecule has 3 heterocycles. The summed E-state index contributed by atoms with van der Waals surface area (Å²) in [5, 5.41) is 0. The van der Waals surface area contributed by atoms with Crippen molar-refractivity contribution in [2.45, 2.75) is 52.1 Å². The van der Waals surface area contributed by atoms with Crippen molar-refractivity contribution in [2.75, 3.05) is 6.54 Å². The minimum absolute atomic E-state index is 0.0784. The lowest BCUT2D eigenvalue weighted by atomic mass is 10.0. The molecule has 0 bridgehead atoms. The van der Waals surface area contributed by atoms with Crippen LogP contribution in [-0.4, -0.2) is 26.9 Å². The Morgan fingerprint density at radius 1 is 1.38 bits per heavy atom. The van der Waals surface area contributed by atoms with Crippen LogP contribution in [0.3, 0.4) is 0 Å². The summed E-state index contributed by atoms with van der Waals surface area (Å²) in [6, 6.07) is 2.09. The highest BCUT2D eigenvalue weighted by Crippen LogP contribution is 2.34. The molecule has 1 aliphatic heterocycles. The van der Waals surface area contributed by atoms with Gasteiger partial charge in [0.2, 0.25) is 5.76 Å². The van der Waals surface area contributed by atoms with E-state index in [0.717, 1.165) is 24.0 Å². The number of nitrogens with zero attached hydrogens (tertiary/aromatic N) is 3. The number of aryl methyl sites for hydroxylation is 2. The number of carbonyl (C=O) groups excluding carboxylic acids is 1. The maximum absolute atomic E-state index is 12.8. The minimum Gasteiger partial charge on any atom is -0.435 e. The number of pyridine rings is 1. The first kappa shape index (κ1) is 15.2. The molecule has 0 spiro atoms.